The normalized spacial score (nSPS) is 11.8. The van der Waals surface area contributed by atoms with E-state index >= 15 is 0 Å². The van der Waals surface area contributed by atoms with Gasteiger partial charge in [0.2, 0.25) is 0 Å². The average molecular weight is 404 g/mol. The van der Waals surface area contributed by atoms with E-state index in [4.69, 9.17) is 9.72 Å². The van der Waals surface area contributed by atoms with Gasteiger partial charge in [0.15, 0.2) is 0 Å². The molecule has 0 aliphatic rings. The predicted molar refractivity (Wildman–Crippen MR) is 119 cm³/mol. The lowest BCUT2D eigenvalue weighted by Gasteiger charge is -2.15. The third-order valence-corrected chi connectivity index (χ3v) is 5.29. The predicted octanol–water partition coefficient (Wildman–Crippen LogP) is 5.20. The summed E-state index contributed by atoms with van der Waals surface area (Å²) < 4.78 is 5.55. The van der Waals surface area contributed by atoms with Crippen molar-refractivity contribution in [3.63, 3.8) is 0 Å². The molecule has 3 rings (SSSR count). The molecule has 5 nitrogen and oxygen atoms in total. The Hall–Kier alpha value is -3.08. The van der Waals surface area contributed by atoms with Gasteiger partial charge >= 0.3 is 0 Å². The van der Waals surface area contributed by atoms with Gasteiger partial charge in [-0.2, -0.15) is 0 Å². The Labute approximate surface area is 178 Å². The molecule has 0 aliphatic heterocycles. The number of carbonyl (C=O) groups excluding carboxylic acids is 1. The molecule has 1 atom stereocenters. The smallest absolute Gasteiger partial charge is 0.137 e. The molecule has 0 amide bonds. The molecule has 0 saturated carbocycles. The first-order valence-electron chi connectivity index (χ1n) is 10.5. The lowest BCUT2D eigenvalue weighted by Crippen LogP contribution is -2.05. The first kappa shape index (κ1) is 21.6. The summed E-state index contributed by atoms with van der Waals surface area (Å²) in [5.74, 6) is 1.29. The Morgan fingerprint density at radius 2 is 1.97 bits per heavy atom. The third kappa shape index (κ3) is 5.50. The maximum absolute atomic E-state index is 12.0. The largest absolute Gasteiger partial charge is 0.496 e. The number of carbonyl (C=O) groups is 1. The van der Waals surface area contributed by atoms with E-state index in [1.165, 1.54) is 5.56 Å². The van der Waals surface area contributed by atoms with Crippen LogP contribution in [0, 0.1) is 0 Å². The summed E-state index contributed by atoms with van der Waals surface area (Å²) >= 11 is 0. The molecule has 3 aromatic rings. The Bertz CT molecular complexity index is 973. The van der Waals surface area contributed by atoms with Gasteiger partial charge in [-0.3, -0.25) is 14.8 Å². The van der Waals surface area contributed by atoms with E-state index in [0.29, 0.717) is 24.5 Å². The van der Waals surface area contributed by atoms with Gasteiger partial charge < -0.3 is 4.74 Å². The number of nitrogens with zero attached hydrogens (tertiary/aromatic N) is 3. The van der Waals surface area contributed by atoms with E-state index in [1.807, 2.05) is 43.6 Å². The van der Waals surface area contributed by atoms with Crippen molar-refractivity contribution in [3.05, 3.63) is 71.9 Å². The van der Waals surface area contributed by atoms with Gasteiger partial charge in [0.1, 0.15) is 11.5 Å². The molecule has 0 bridgehead atoms. The van der Waals surface area contributed by atoms with Crippen LogP contribution in [0.15, 0.2) is 55.1 Å². The highest BCUT2D eigenvalue weighted by molar-refractivity contribution is 5.81. The van der Waals surface area contributed by atoms with Crippen LogP contribution < -0.4 is 4.74 Å². The number of benzene rings is 1. The fourth-order valence-electron chi connectivity index (χ4n) is 3.64. The molecular formula is C25H29N3O2. The zero-order valence-electron chi connectivity index (χ0n) is 18.0. The molecule has 2 aromatic heterocycles. The van der Waals surface area contributed by atoms with Crippen LogP contribution in [0.3, 0.4) is 0 Å². The molecule has 0 N–H and O–H groups in total. The molecule has 0 radical (unpaired) electrons. The minimum Gasteiger partial charge on any atom is -0.496 e. The van der Waals surface area contributed by atoms with E-state index in [0.717, 1.165) is 41.8 Å². The third-order valence-electron chi connectivity index (χ3n) is 5.29. The topological polar surface area (TPSA) is 65.0 Å². The quantitative estimate of drug-likeness (QED) is 0.466. The molecule has 2 heterocycles. The van der Waals surface area contributed by atoms with Gasteiger partial charge in [-0.05, 0) is 42.9 Å². The van der Waals surface area contributed by atoms with Crippen LogP contribution in [0.25, 0.3) is 11.3 Å². The van der Waals surface area contributed by atoms with E-state index in [9.17, 15) is 4.79 Å². The van der Waals surface area contributed by atoms with Crippen LogP contribution in [0.4, 0.5) is 0 Å². The highest BCUT2D eigenvalue weighted by atomic mass is 16.5. The number of rotatable bonds is 10. The highest BCUT2D eigenvalue weighted by Gasteiger charge is 2.14. The molecule has 0 spiro atoms. The first-order valence-corrected chi connectivity index (χ1v) is 10.5. The molecule has 30 heavy (non-hydrogen) atoms. The molecule has 0 fully saturated rings. The number of methoxy groups -OCH3 is 1. The lowest BCUT2D eigenvalue weighted by atomic mass is 9.93. The van der Waals surface area contributed by atoms with Crippen molar-refractivity contribution in [2.24, 2.45) is 0 Å². The second-order valence-corrected chi connectivity index (χ2v) is 7.48. The van der Waals surface area contributed by atoms with Crippen molar-refractivity contribution in [2.75, 3.05) is 7.11 Å². The second kappa shape index (κ2) is 10.6. The van der Waals surface area contributed by atoms with Crippen molar-refractivity contribution in [1.82, 2.24) is 15.0 Å². The number of Topliss-reactive ketones (excluding diaryl/α,β-unsaturated/α-hetero) is 1. The van der Waals surface area contributed by atoms with Gasteiger partial charge in [-0.1, -0.05) is 32.0 Å². The number of pyridine rings is 1. The van der Waals surface area contributed by atoms with Gasteiger partial charge in [0.05, 0.1) is 24.7 Å². The monoisotopic (exact) mass is 403 g/mol. The van der Waals surface area contributed by atoms with Crippen LogP contribution in [-0.4, -0.2) is 27.8 Å². The summed E-state index contributed by atoms with van der Waals surface area (Å²) in [4.78, 5) is 25.6. The minimum absolute atomic E-state index is 0.228. The number of ketones is 1. The maximum atomic E-state index is 12.0. The fourth-order valence-corrected chi connectivity index (χ4v) is 3.64. The molecule has 0 aliphatic carbocycles. The van der Waals surface area contributed by atoms with Crippen LogP contribution in [-0.2, 0) is 17.6 Å². The Morgan fingerprint density at radius 3 is 2.67 bits per heavy atom. The summed E-state index contributed by atoms with van der Waals surface area (Å²) in [5, 5.41) is 0. The number of hydrogen-bond donors (Lipinski definition) is 0. The number of aromatic nitrogens is 3. The second-order valence-electron chi connectivity index (χ2n) is 7.48. The Morgan fingerprint density at radius 1 is 1.10 bits per heavy atom. The van der Waals surface area contributed by atoms with Crippen molar-refractivity contribution in [2.45, 2.75) is 51.9 Å². The van der Waals surface area contributed by atoms with Crippen LogP contribution in [0.2, 0.25) is 0 Å². The van der Waals surface area contributed by atoms with Crippen molar-refractivity contribution < 1.29 is 9.53 Å². The molecule has 0 saturated heterocycles. The fraction of sp³-hybridized carbons (Fsp3) is 0.360. The van der Waals surface area contributed by atoms with Gasteiger partial charge in [0.25, 0.3) is 0 Å². The number of ether oxygens (including phenoxy) is 1. The van der Waals surface area contributed by atoms with Gasteiger partial charge in [0, 0.05) is 42.6 Å². The Kier molecular flexibility index (Phi) is 7.66. The maximum Gasteiger partial charge on any atom is 0.137 e. The SMILES string of the molecule is CCCC(=O)Cc1ccc(-c2cncc(C[C@@H](CC)c3cccnc3)n2)cc1OC. The van der Waals surface area contributed by atoms with Crippen LogP contribution >= 0.6 is 0 Å². The molecule has 5 heteroatoms. The van der Waals surface area contributed by atoms with Gasteiger partial charge in [-0.25, -0.2) is 4.98 Å². The van der Waals surface area contributed by atoms with Gasteiger partial charge in [-0.15, -0.1) is 0 Å². The minimum atomic E-state index is 0.228. The molecule has 156 valence electrons. The van der Waals surface area contributed by atoms with Crippen LogP contribution in [0.1, 0.15) is 55.8 Å². The standard InChI is InChI=1S/C25H29N3O2/c1-4-7-23(29)13-20-10-9-19(14-25(20)30-3)24-17-27-16-22(28-24)12-18(5-2)21-8-6-11-26-15-21/h6,8-11,14-18H,4-5,7,12-13H2,1-3H3/t18-/m1/s1. The van der Waals surface area contributed by atoms with Crippen molar-refractivity contribution in [1.29, 1.82) is 0 Å². The summed E-state index contributed by atoms with van der Waals surface area (Å²) in [6, 6.07) is 9.98. The van der Waals surface area contributed by atoms with E-state index in [1.54, 1.807) is 19.5 Å². The summed E-state index contributed by atoms with van der Waals surface area (Å²) in [7, 11) is 1.63. The summed E-state index contributed by atoms with van der Waals surface area (Å²) in [6.07, 6.45) is 11.0. The van der Waals surface area contributed by atoms with E-state index in [2.05, 4.69) is 23.0 Å². The zero-order valence-corrected chi connectivity index (χ0v) is 18.0. The van der Waals surface area contributed by atoms with E-state index < -0.39 is 0 Å². The Balaban J connectivity index is 1.82. The molecule has 1 aromatic carbocycles. The molecular weight excluding hydrogens is 374 g/mol. The summed E-state index contributed by atoms with van der Waals surface area (Å²) in [6.45, 7) is 4.19. The average Bonchev–Trinajstić information content (AvgIpc) is 2.78. The number of hydrogen-bond acceptors (Lipinski definition) is 5. The lowest BCUT2D eigenvalue weighted by molar-refractivity contribution is -0.118. The zero-order chi connectivity index (χ0) is 21.3. The van der Waals surface area contributed by atoms with E-state index in [-0.39, 0.29) is 5.78 Å². The molecule has 0 unspecified atom stereocenters. The first-order chi connectivity index (χ1) is 14.6. The van der Waals surface area contributed by atoms with Crippen molar-refractivity contribution in [3.8, 4) is 17.0 Å². The van der Waals surface area contributed by atoms with Crippen molar-refractivity contribution >= 4 is 5.78 Å². The summed E-state index contributed by atoms with van der Waals surface area (Å²) in [5.41, 5.74) is 4.81. The van der Waals surface area contributed by atoms with Crippen LogP contribution in [0.5, 0.6) is 5.75 Å². The highest BCUT2D eigenvalue weighted by Crippen LogP contribution is 2.28.